The summed E-state index contributed by atoms with van der Waals surface area (Å²) in [5.41, 5.74) is 1.25. The Bertz CT molecular complexity index is 893. The van der Waals surface area contributed by atoms with Gasteiger partial charge in [-0.05, 0) is 25.8 Å². The summed E-state index contributed by atoms with van der Waals surface area (Å²) in [6.07, 6.45) is 4.72. The van der Waals surface area contributed by atoms with E-state index in [4.69, 9.17) is 9.15 Å². The highest BCUT2D eigenvalue weighted by Crippen LogP contribution is 2.28. The molecule has 0 unspecified atom stereocenters. The van der Waals surface area contributed by atoms with Gasteiger partial charge in [-0.2, -0.15) is 0 Å². The number of rotatable bonds is 6. The SMILES string of the molecule is CCOC(=O)c1c(CN2CCN(CC(=O)N3CCCCCC3)CC2)oc2ccccc12. The minimum absolute atomic E-state index is 0.261. The standard InChI is InChI=1S/C24H33N3O4/c1-2-30-24(29)23-19-9-5-6-10-20(19)31-21(23)17-25-13-15-26(16-14-25)18-22(28)27-11-7-3-4-8-12-27/h5-6,9-10H,2-4,7-8,11-18H2,1H3. The maximum absolute atomic E-state index is 12.7. The number of likely N-dealkylation sites (tertiary alicyclic amines) is 1. The van der Waals surface area contributed by atoms with Crippen molar-refractivity contribution in [1.82, 2.24) is 14.7 Å². The Morgan fingerprint density at radius 1 is 0.935 bits per heavy atom. The Labute approximate surface area is 183 Å². The summed E-state index contributed by atoms with van der Waals surface area (Å²) in [5, 5.41) is 0.803. The molecule has 0 radical (unpaired) electrons. The summed E-state index contributed by atoms with van der Waals surface area (Å²) in [6.45, 7) is 8.39. The molecule has 0 bridgehead atoms. The number of ether oxygens (including phenoxy) is 1. The molecule has 1 aromatic carbocycles. The molecule has 0 atom stereocenters. The average Bonchev–Trinajstić information content (AvgIpc) is 2.93. The third-order valence-electron chi connectivity index (χ3n) is 6.30. The van der Waals surface area contributed by atoms with Crippen LogP contribution in [-0.2, 0) is 16.1 Å². The molecule has 4 rings (SSSR count). The number of esters is 1. The van der Waals surface area contributed by atoms with E-state index in [1.54, 1.807) is 0 Å². The van der Waals surface area contributed by atoms with Gasteiger partial charge in [0.25, 0.3) is 0 Å². The Hall–Kier alpha value is -2.38. The highest BCUT2D eigenvalue weighted by molar-refractivity contribution is 6.04. The second-order valence-corrected chi connectivity index (χ2v) is 8.46. The van der Waals surface area contributed by atoms with E-state index in [0.29, 0.717) is 36.6 Å². The van der Waals surface area contributed by atoms with Crippen LogP contribution in [0.4, 0.5) is 0 Å². The molecule has 31 heavy (non-hydrogen) atoms. The summed E-state index contributed by atoms with van der Waals surface area (Å²) in [5.74, 6) is 0.593. The van der Waals surface area contributed by atoms with Crippen molar-refractivity contribution in [2.75, 3.05) is 52.4 Å². The fraction of sp³-hybridized carbons (Fsp3) is 0.583. The van der Waals surface area contributed by atoms with Crippen LogP contribution in [0.2, 0.25) is 0 Å². The number of hydrogen-bond acceptors (Lipinski definition) is 6. The topological polar surface area (TPSA) is 66.2 Å². The molecular weight excluding hydrogens is 394 g/mol. The first-order valence-corrected chi connectivity index (χ1v) is 11.6. The van der Waals surface area contributed by atoms with Gasteiger partial charge >= 0.3 is 5.97 Å². The lowest BCUT2D eigenvalue weighted by atomic mass is 10.1. The Balaban J connectivity index is 1.35. The van der Waals surface area contributed by atoms with Crippen molar-refractivity contribution in [3.8, 4) is 0 Å². The molecule has 2 aliphatic heterocycles. The van der Waals surface area contributed by atoms with E-state index in [0.717, 1.165) is 57.5 Å². The molecule has 0 spiro atoms. The molecule has 2 aromatic rings. The number of nitrogens with zero attached hydrogens (tertiary/aromatic N) is 3. The highest BCUT2D eigenvalue weighted by atomic mass is 16.5. The van der Waals surface area contributed by atoms with Crippen molar-refractivity contribution in [1.29, 1.82) is 0 Å². The second-order valence-electron chi connectivity index (χ2n) is 8.46. The number of fused-ring (bicyclic) bond motifs is 1. The van der Waals surface area contributed by atoms with E-state index >= 15 is 0 Å². The average molecular weight is 428 g/mol. The normalized spacial score (nSPS) is 18.8. The zero-order chi connectivity index (χ0) is 21.6. The molecule has 3 heterocycles. The van der Waals surface area contributed by atoms with Crippen LogP contribution < -0.4 is 0 Å². The van der Waals surface area contributed by atoms with Crippen molar-refractivity contribution >= 4 is 22.8 Å². The van der Waals surface area contributed by atoms with Gasteiger partial charge in [0.15, 0.2) is 0 Å². The van der Waals surface area contributed by atoms with Crippen molar-refractivity contribution in [3.05, 3.63) is 35.6 Å². The smallest absolute Gasteiger partial charge is 0.342 e. The van der Waals surface area contributed by atoms with Gasteiger partial charge in [-0.25, -0.2) is 4.79 Å². The molecule has 1 amide bonds. The van der Waals surface area contributed by atoms with Gasteiger partial charge in [-0.1, -0.05) is 31.0 Å². The lowest BCUT2D eigenvalue weighted by molar-refractivity contribution is -0.132. The third-order valence-corrected chi connectivity index (χ3v) is 6.30. The lowest BCUT2D eigenvalue weighted by Crippen LogP contribution is -2.49. The predicted octanol–water partition coefficient (Wildman–Crippen LogP) is 3.13. The number of benzene rings is 1. The summed E-state index contributed by atoms with van der Waals surface area (Å²) >= 11 is 0. The van der Waals surface area contributed by atoms with Gasteiger partial charge in [0.1, 0.15) is 16.9 Å². The van der Waals surface area contributed by atoms with E-state index in [-0.39, 0.29) is 11.9 Å². The van der Waals surface area contributed by atoms with Gasteiger partial charge in [0.05, 0.1) is 19.7 Å². The summed E-state index contributed by atoms with van der Waals surface area (Å²) in [4.78, 5) is 31.8. The van der Waals surface area contributed by atoms with E-state index < -0.39 is 0 Å². The van der Waals surface area contributed by atoms with Crippen molar-refractivity contribution in [2.45, 2.75) is 39.2 Å². The molecule has 2 fully saturated rings. The number of furan rings is 1. The monoisotopic (exact) mass is 427 g/mol. The molecule has 1 aromatic heterocycles. The molecule has 2 aliphatic rings. The number of carbonyl (C=O) groups is 2. The first-order chi connectivity index (χ1) is 15.2. The van der Waals surface area contributed by atoms with Crippen LogP contribution in [0.5, 0.6) is 0 Å². The molecule has 0 aliphatic carbocycles. The zero-order valence-corrected chi connectivity index (χ0v) is 18.5. The molecule has 7 heteroatoms. The van der Waals surface area contributed by atoms with E-state index in [1.807, 2.05) is 36.1 Å². The molecule has 168 valence electrons. The molecular formula is C24H33N3O4. The van der Waals surface area contributed by atoms with E-state index in [2.05, 4.69) is 9.80 Å². The fourth-order valence-corrected chi connectivity index (χ4v) is 4.55. The van der Waals surface area contributed by atoms with Crippen molar-refractivity contribution in [3.63, 3.8) is 0 Å². The number of piperazine rings is 1. The first kappa shape index (κ1) is 21.8. The first-order valence-electron chi connectivity index (χ1n) is 11.6. The minimum Gasteiger partial charge on any atom is -0.462 e. The van der Waals surface area contributed by atoms with Gasteiger partial charge in [-0.15, -0.1) is 0 Å². The predicted molar refractivity (Wildman–Crippen MR) is 119 cm³/mol. The summed E-state index contributed by atoms with van der Waals surface area (Å²) < 4.78 is 11.3. The molecule has 7 nitrogen and oxygen atoms in total. The Kier molecular flexibility index (Phi) is 7.25. The van der Waals surface area contributed by atoms with Gasteiger partial charge < -0.3 is 14.1 Å². The third kappa shape index (κ3) is 5.28. The largest absolute Gasteiger partial charge is 0.462 e. The Morgan fingerprint density at radius 2 is 1.61 bits per heavy atom. The number of hydrogen-bond donors (Lipinski definition) is 0. The van der Waals surface area contributed by atoms with Crippen LogP contribution in [0, 0.1) is 0 Å². The number of para-hydroxylation sites is 1. The summed E-state index contributed by atoms with van der Waals surface area (Å²) in [6, 6.07) is 7.60. The fourth-order valence-electron chi connectivity index (χ4n) is 4.55. The van der Waals surface area contributed by atoms with Crippen molar-refractivity contribution < 1.29 is 18.7 Å². The lowest BCUT2D eigenvalue weighted by Gasteiger charge is -2.35. The molecule has 0 N–H and O–H groups in total. The molecule has 0 saturated carbocycles. The van der Waals surface area contributed by atoms with Crippen LogP contribution in [0.25, 0.3) is 11.0 Å². The highest BCUT2D eigenvalue weighted by Gasteiger charge is 2.26. The quantitative estimate of drug-likeness (QED) is 0.660. The van der Waals surface area contributed by atoms with Crippen LogP contribution in [0.1, 0.15) is 48.7 Å². The van der Waals surface area contributed by atoms with Gasteiger partial charge in [0.2, 0.25) is 5.91 Å². The van der Waals surface area contributed by atoms with Crippen LogP contribution >= 0.6 is 0 Å². The second kappa shape index (κ2) is 10.3. The van der Waals surface area contributed by atoms with Crippen molar-refractivity contribution in [2.24, 2.45) is 0 Å². The maximum Gasteiger partial charge on any atom is 0.342 e. The number of carbonyl (C=O) groups excluding carboxylic acids is 2. The maximum atomic E-state index is 12.7. The van der Waals surface area contributed by atoms with E-state index in [9.17, 15) is 9.59 Å². The number of amides is 1. The van der Waals surface area contributed by atoms with Crippen LogP contribution in [0.15, 0.2) is 28.7 Å². The van der Waals surface area contributed by atoms with Crippen LogP contribution in [-0.4, -0.2) is 79.0 Å². The minimum atomic E-state index is -0.330. The van der Waals surface area contributed by atoms with Crippen LogP contribution in [0.3, 0.4) is 0 Å². The zero-order valence-electron chi connectivity index (χ0n) is 18.5. The Morgan fingerprint density at radius 3 is 2.32 bits per heavy atom. The molecule has 2 saturated heterocycles. The van der Waals surface area contributed by atoms with Gasteiger partial charge in [0, 0.05) is 44.7 Å². The summed E-state index contributed by atoms with van der Waals surface area (Å²) in [7, 11) is 0. The van der Waals surface area contributed by atoms with E-state index in [1.165, 1.54) is 12.8 Å². The van der Waals surface area contributed by atoms with Gasteiger partial charge in [-0.3, -0.25) is 14.6 Å².